The van der Waals surface area contributed by atoms with Crippen LogP contribution in [0.5, 0.6) is 11.5 Å². The van der Waals surface area contributed by atoms with Crippen LogP contribution in [0.2, 0.25) is 0 Å². The van der Waals surface area contributed by atoms with Crippen LogP contribution in [0.1, 0.15) is 25.5 Å². The maximum absolute atomic E-state index is 5.93. The topological polar surface area (TPSA) is 77.3 Å². The number of methoxy groups -OCH3 is 1. The number of ether oxygens (including phenoxy) is 2. The molecule has 1 fully saturated rings. The lowest BCUT2D eigenvalue weighted by atomic mass is 9.99. The number of fused-ring (bicyclic) bond motifs is 3. The first-order valence-electron chi connectivity index (χ1n) is 9.79. The summed E-state index contributed by atoms with van der Waals surface area (Å²) < 4.78 is 13.5. The van der Waals surface area contributed by atoms with Crippen LogP contribution in [0.3, 0.4) is 0 Å². The molecule has 1 atom stereocenters. The molecule has 0 radical (unpaired) electrons. The number of aromatic nitrogens is 4. The van der Waals surface area contributed by atoms with E-state index >= 15 is 0 Å². The molecule has 2 aromatic heterocycles. The van der Waals surface area contributed by atoms with Gasteiger partial charge in [0.2, 0.25) is 5.95 Å². The van der Waals surface area contributed by atoms with E-state index in [0.29, 0.717) is 12.6 Å². The number of nitrogens with zero attached hydrogens (tertiary/aromatic N) is 5. The minimum atomic E-state index is 0.0203. The molecule has 0 bridgehead atoms. The molecule has 1 aromatic carbocycles. The Morgan fingerprint density at radius 3 is 2.97 bits per heavy atom. The second-order valence-electron chi connectivity index (χ2n) is 7.86. The van der Waals surface area contributed by atoms with Crippen LogP contribution in [0, 0.1) is 6.92 Å². The number of imidazole rings is 1. The van der Waals surface area contributed by atoms with E-state index in [9.17, 15) is 0 Å². The average Bonchev–Trinajstić information content (AvgIpc) is 3.33. The molecule has 29 heavy (non-hydrogen) atoms. The Balaban J connectivity index is 1.44. The highest BCUT2D eigenvalue weighted by Crippen LogP contribution is 2.42. The Kier molecular flexibility index (Phi) is 4.08. The van der Waals surface area contributed by atoms with Gasteiger partial charge in [0.15, 0.2) is 11.6 Å². The van der Waals surface area contributed by atoms with E-state index in [1.54, 1.807) is 19.6 Å². The highest BCUT2D eigenvalue weighted by molar-refractivity contribution is 5.65. The minimum absolute atomic E-state index is 0.0203. The molecule has 1 N–H and O–H groups in total. The highest BCUT2D eigenvalue weighted by atomic mass is 16.5. The second kappa shape index (κ2) is 6.65. The zero-order chi connectivity index (χ0) is 20.0. The van der Waals surface area contributed by atoms with Crippen molar-refractivity contribution in [2.45, 2.75) is 32.2 Å². The molecule has 0 amide bonds. The van der Waals surface area contributed by atoms with Crippen molar-refractivity contribution >= 4 is 17.5 Å². The van der Waals surface area contributed by atoms with Gasteiger partial charge in [-0.05, 0) is 38.8 Å². The smallest absolute Gasteiger partial charge is 0.229 e. The predicted octanol–water partition coefficient (Wildman–Crippen LogP) is 3.47. The number of rotatable bonds is 4. The summed E-state index contributed by atoms with van der Waals surface area (Å²) in [5.74, 6) is 2.89. The summed E-state index contributed by atoms with van der Waals surface area (Å²) in [5, 5.41) is 3.30. The Morgan fingerprint density at radius 1 is 1.28 bits per heavy atom. The molecule has 150 valence electrons. The van der Waals surface area contributed by atoms with Crippen LogP contribution in [0.4, 0.5) is 17.5 Å². The normalized spacial score (nSPS) is 20.0. The summed E-state index contributed by atoms with van der Waals surface area (Å²) in [6.07, 6.45) is 7.76. The molecule has 8 heteroatoms. The van der Waals surface area contributed by atoms with E-state index < -0.39 is 0 Å². The third-order valence-electron chi connectivity index (χ3n) is 5.71. The molecule has 3 aromatic rings. The molecule has 0 spiro atoms. The average molecular weight is 392 g/mol. The minimum Gasteiger partial charge on any atom is -0.494 e. The molecule has 2 aliphatic heterocycles. The summed E-state index contributed by atoms with van der Waals surface area (Å²) in [6.45, 7) is 5.87. The van der Waals surface area contributed by atoms with Gasteiger partial charge in [0.05, 0.1) is 36.6 Å². The fourth-order valence-electron chi connectivity index (χ4n) is 4.14. The summed E-state index contributed by atoms with van der Waals surface area (Å²) >= 11 is 0. The van der Waals surface area contributed by atoms with Gasteiger partial charge >= 0.3 is 0 Å². The number of anilines is 3. The standard InChI is InChI=1S/C21H24N6O2/c1-14-11-26(13-23-14)16-6-5-15(9-17(16)28-3)24-20-22-10-18-19(25-20)27-8-4-7-21(27,2)12-29-18/h5-6,9-11,13H,4,7-8,12H2,1-3H3,(H,22,24,25)/t21-/m0/s1. The van der Waals surface area contributed by atoms with Crippen molar-refractivity contribution in [3.8, 4) is 17.2 Å². The number of nitrogens with one attached hydrogen (secondary N) is 1. The van der Waals surface area contributed by atoms with Crippen molar-refractivity contribution in [2.24, 2.45) is 0 Å². The van der Waals surface area contributed by atoms with Gasteiger partial charge in [-0.2, -0.15) is 4.98 Å². The lowest BCUT2D eigenvalue weighted by Crippen LogP contribution is -2.49. The van der Waals surface area contributed by atoms with Crippen molar-refractivity contribution in [2.75, 3.05) is 30.5 Å². The lowest BCUT2D eigenvalue weighted by molar-refractivity contribution is 0.210. The van der Waals surface area contributed by atoms with Gasteiger partial charge in [0.25, 0.3) is 0 Å². The molecular weight excluding hydrogens is 368 g/mol. The van der Waals surface area contributed by atoms with Crippen molar-refractivity contribution in [1.29, 1.82) is 0 Å². The van der Waals surface area contributed by atoms with E-state index in [-0.39, 0.29) is 5.54 Å². The molecule has 0 saturated carbocycles. The Labute approximate surface area is 169 Å². The molecule has 0 aliphatic carbocycles. The zero-order valence-corrected chi connectivity index (χ0v) is 16.8. The van der Waals surface area contributed by atoms with Gasteiger partial charge in [0.1, 0.15) is 12.4 Å². The maximum Gasteiger partial charge on any atom is 0.229 e. The first-order chi connectivity index (χ1) is 14.1. The summed E-state index contributed by atoms with van der Waals surface area (Å²) in [4.78, 5) is 15.8. The van der Waals surface area contributed by atoms with Crippen LogP contribution in [-0.2, 0) is 0 Å². The molecular formula is C21H24N6O2. The molecule has 5 rings (SSSR count). The first-order valence-corrected chi connectivity index (χ1v) is 9.79. The van der Waals surface area contributed by atoms with Crippen LogP contribution >= 0.6 is 0 Å². The summed E-state index contributed by atoms with van der Waals surface area (Å²) in [6, 6.07) is 5.90. The van der Waals surface area contributed by atoms with Gasteiger partial charge in [0, 0.05) is 24.5 Å². The summed E-state index contributed by atoms with van der Waals surface area (Å²) in [5.41, 5.74) is 2.74. The Hall–Kier alpha value is -3.29. The zero-order valence-electron chi connectivity index (χ0n) is 16.8. The Bertz CT molecular complexity index is 1070. The highest BCUT2D eigenvalue weighted by Gasteiger charge is 2.43. The first kappa shape index (κ1) is 17.8. The summed E-state index contributed by atoms with van der Waals surface area (Å²) in [7, 11) is 1.66. The van der Waals surface area contributed by atoms with Crippen molar-refractivity contribution in [3.63, 3.8) is 0 Å². The fraction of sp³-hybridized carbons (Fsp3) is 0.381. The SMILES string of the molecule is COc1cc(Nc2ncc3c(n2)N2CCC[C@@]2(C)CO3)ccc1-n1cnc(C)c1. The molecule has 1 saturated heterocycles. The molecule has 8 nitrogen and oxygen atoms in total. The van der Waals surface area contributed by atoms with E-state index in [4.69, 9.17) is 14.5 Å². The monoisotopic (exact) mass is 392 g/mol. The molecule has 2 aliphatic rings. The van der Waals surface area contributed by atoms with Crippen molar-refractivity contribution in [3.05, 3.63) is 42.6 Å². The van der Waals surface area contributed by atoms with Crippen LogP contribution < -0.4 is 19.7 Å². The fourth-order valence-corrected chi connectivity index (χ4v) is 4.14. The van der Waals surface area contributed by atoms with Crippen LogP contribution in [0.25, 0.3) is 5.69 Å². The van der Waals surface area contributed by atoms with Crippen LogP contribution in [0.15, 0.2) is 36.9 Å². The third kappa shape index (κ3) is 3.04. The van der Waals surface area contributed by atoms with Crippen molar-refractivity contribution in [1.82, 2.24) is 19.5 Å². The van der Waals surface area contributed by atoms with Gasteiger partial charge in [-0.15, -0.1) is 0 Å². The van der Waals surface area contributed by atoms with Crippen molar-refractivity contribution < 1.29 is 9.47 Å². The Morgan fingerprint density at radius 2 is 2.17 bits per heavy atom. The third-order valence-corrected chi connectivity index (χ3v) is 5.71. The van der Waals surface area contributed by atoms with E-state index in [0.717, 1.165) is 53.8 Å². The van der Waals surface area contributed by atoms with Gasteiger partial charge in [-0.3, -0.25) is 0 Å². The number of hydrogen-bond donors (Lipinski definition) is 1. The van der Waals surface area contributed by atoms with E-state index in [1.165, 1.54) is 0 Å². The van der Waals surface area contributed by atoms with Gasteiger partial charge in [-0.25, -0.2) is 9.97 Å². The molecule has 4 heterocycles. The lowest BCUT2D eigenvalue weighted by Gasteiger charge is -2.40. The predicted molar refractivity (Wildman–Crippen MR) is 111 cm³/mol. The quantitative estimate of drug-likeness (QED) is 0.728. The van der Waals surface area contributed by atoms with E-state index in [2.05, 4.69) is 27.1 Å². The van der Waals surface area contributed by atoms with Gasteiger partial charge in [-0.1, -0.05) is 0 Å². The second-order valence-corrected chi connectivity index (χ2v) is 7.86. The van der Waals surface area contributed by atoms with E-state index in [1.807, 2.05) is 35.9 Å². The number of benzene rings is 1. The van der Waals surface area contributed by atoms with Gasteiger partial charge < -0.3 is 24.3 Å². The largest absolute Gasteiger partial charge is 0.494 e. The van der Waals surface area contributed by atoms with Crippen LogP contribution in [-0.4, -0.2) is 45.3 Å². The maximum atomic E-state index is 5.93. The number of hydrogen-bond acceptors (Lipinski definition) is 7. The molecule has 0 unspecified atom stereocenters. The number of aryl methyl sites for hydroxylation is 1.